The zero-order valence-corrected chi connectivity index (χ0v) is 87.2. The molecule has 0 unspecified atom stereocenters. The molecule has 0 radical (unpaired) electrons. The largest absolute Gasteiger partial charge is 0.477 e. The average Bonchev–Trinajstić information content (AvgIpc) is 1.62. The van der Waals surface area contributed by atoms with Crippen LogP contribution in [-0.4, -0.2) is 194 Å². The number of nitrogens with one attached hydrogen (secondary N) is 10. The molecule has 798 valence electrons. The van der Waals surface area contributed by atoms with Crippen molar-refractivity contribution in [2.24, 2.45) is 0 Å². The van der Waals surface area contributed by atoms with E-state index < -0.39 is 86.1 Å². The van der Waals surface area contributed by atoms with Crippen molar-refractivity contribution >= 4 is 109 Å². The summed E-state index contributed by atoms with van der Waals surface area (Å²) in [5, 5.41) is 33.9. The number of carbonyl (C=O) groups is 5. The molecule has 3 atom stereocenters. The van der Waals surface area contributed by atoms with Gasteiger partial charge in [0, 0.05) is 75.7 Å². The smallest absolute Gasteiger partial charge is 0.333 e. The predicted octanol–water partition coefficient (Wildman–Crippen LogP) is 11.3. The molecule has 0 bridgehead atoms. The van der Waals surface area contributed by atoms with E-state index in [4.69, 9.17) is 37.9 Å². The zero-order valence-electron chi connectivity index (χ0n) is 83.1. The van der Waals surface area contributed by atoms with E-state index >= 15 is 0 Å². The molecule has 13 aliphatic rings. The molecule has 10 heterocycles. The number of nitrogens with zero attached hydrogens (tertiary/aromatic N) is 10. The first-order valence-corrected chi connectivity index (χ1v) is 57.3. The van der Waals surface area contributed by atoms with Gasteiger partial charge in [0.1, 0.15) is 55.6 Å². The number of hydrogen-bond donors (Lipinski definition) is 10. The van der Waals surface area contributed by atoms with Gasteiger partial charge in [0.15, 0.2) is 24.5 Å². The molecule has 10 aromatic rings. The summed E-state index contributed by atoms with van der Waals surface area (Å²) >= 11 is 0. The van der Waals surface area contributed by atoms with Gasteiger partial charge in [-0.3, -0.25) is 0 Å². The SMILES string of the molecule is CO[C@H]1COc2c(S(=O)(=O)NC(=O)Nc3c(C(C)C)cc(F)cc3C(C)C)cnn2C1.CO[C@H]1COc2c(S(=O)(=O)NC(=O)Nc3c4c(c(F)c5c3CCC5)CCC4)cnn2C1.CO[C@H]1COc2c(S(=O)(=O)NC(=O)Nc3c4c(cc5c3CCC5)CCC4)cnn2C1.O=C(Nc1c2c(c(F)c3c1CCC3)CCC2)NS(=O)(=O)c1cnn2c1OCCC2.O=C(Nc1c2c(cc3c1CCC3)CCC2)NS(=O)(=O)c1cnn2c1OCCC2. The number of hydrogen-bond acceptors (Lipinski definition) is 28. The van der Waals surface area contributed by atoms with Gasteiger partial charge < -0.3 is 64.5 Å². The monoisotopic (exact) mass is 2160 g/mol. The standard InChI is InChI=1S/C20H23FN4O5S.C20H27FN4O5S.C20H24N4O5S.C19H21FN4O4S.C19H22N4O4S/c1-29-11-9-25-19(30-10-11)16(8-22-25)31(27,28)24-20(26)23-18-14-6-2-4-12(14)17(21)13-5-3-7-15(13)18;1-11(2)15-6-13(21)7-16(12(3)4)18(15)23-20(26)24-31(27,28)17-8-22-25-9-14(29-5)10-30-19(17)25;1-28-14-10-24-19(29-11-14)17(9-21-24)30(26,27)23-20(25)22-18-15-6-2-4-12(15)8-13-5-3-7-16(13)18;20-16-11-4-1-6-13(11)17(14-7-2-5-12(14)16)22-19(25)23-29(26,27)15-10-21-24-8-3-9-28-18(15)24;24-19(22-28(25,26)16-11-20-23-8-3-9-27-18(16)23)21-17-14-6-1-4-12(14)10-13-5-2-7-15(13)17/h8,11H,2-7,9-10H2,1H3,(H2,23,24,26);6-8,11-12,14H,9-10H2,1-5H3,(H2,23,24,26);8-9,14H,2-7,10-11H2,1H3,(H2,22,23,25);10H,1-9H2,(H2,22,23,25);10-11H,1-9H2,(H2,21,22,24)/t11-;2*14-;;/m111../s1. The topological polar surface area (TPSA) is 539 Å². The highest BCUT2D eigenvalue weighted by molar-refractivity contribution is 7.91. The number of ether oxygens (including phenoxy) is 8. The second kappa shape index (κ2) is 42.7. The zero-order chi connectivity index (χ0) is 105. The summed E-state index contributed by atoms with van der Waals surface area (Å²) in [7, 11) is -16.2. The number of fused-ring (bicyclic) bond motifs is 13. The van der Waals surface area contributed by atoms with Gasteiger partial charge in [-0.25, -0.2) is 126 Å². The molecule has 0 saturated heterocycles. The second-order valence-corrected chi connectivity index (χ2v) is 47.4. The molecule has 0 saturated carbocycles. The molecule has 8 aliphatic carbocycles. The number of amides is 10. The number of benzene rings is 5. The molecule has 23 rings (SSSR count). The highest BCUT2D eigenvalue weighted by Gasteiger charge is 2.41. The van der Waals surface area contributed by atoms with Crippen molar-refractivity contribution in [2.75, 3.05) is 80.9 Å². The van der Waals surface area contributed by atoms with E-state index in [0.29, 0.717) is 148 Å². The fraction of sp³-hybridized carbons (Fsp3) is 0.490. The first-order chi connectivity index (χ1) is 71.4. The van der Waals surface area contributed by atoms with Crippen LogP contribution in [0.25, 0.3) is 0 Å². The number of rotatable bonds is 20. The summed E-state index contributed by atoms with van der Waals surface area (Å²) in [4.78, 5) is 62.4. The van der Waals surface area contributed by atoms with Gasteiger partial charge in [0.2, 0.25) is 29.4 Å². The third-order valence-corrected chi connectivity index (χ3v) is 35.5. The van der Waals surface area contributed by atoms with Gasteiger partial charge >= 0.3 is 30.2 Å². The number of urea groups is 5. The Hall–Kier alpha value is -13.1. The van der Waals surface area contributed by atoms with E-state index in [9.17, 15) is 79.2 Å². The highest BCUT2D eigenvalue weighted by atomic mass is 32.2. The molecule has 10 N–H and O–H groups in total. The maximum absolute atomic E-state index is 14.8. The molecular formula is C98H117F3N20O23S5. The van der Waals surface area contributed by atoms with Crippen molar-refractivity contribution < 1.29 is 117 Å². The maximum atomic E-state index is 14.8. The summed E-state index contributed by atoms with van der Waals surface area (Å²) in [5.74, 6) is -0.348. The Morgan fingerprint density at radius 1 is 0.309 bits per heavy atom. The molecule has 10 amide bonds. The Bertz CT molecular complexity index is 7470. The summed E-state index contributed by atoms with van der Waals surface area (Å²) in [6, 6.07) is 2.98. The number of halogens is 3. The number of aromatic nitrogens is 10. The Morgan fingerprint density at radius 2 is 0.537 bits per heavy atom. The first-order valence-electron chi connectivity index (χ1n) is 49.9. The lowest BCUT2D eigenvalue weighted by atomic mass is 9.92. The molecule has 149 heavy (non-hydrogen) atoms. The van der Waals surface area contributed by atoms with E-state index in [1.54, 1.807) is 7.11 Å². The minimum Gasteiger partial charge on any atom is -0.477 e. The fourth-order valence-electron chi connectivity index (χ4n) is 21.9. The molecule has 5 aliphatic heterocycles. The number of anilines is 5. The summed E-state index contributed by atoms with van der Waals surface area (Å²) < 4.78 is 232. The van der Waals surface area contributed by atoms with Crippen LogP contribution < -0.4 is 73.9 Å². The van der Waals surface area contributed by atoms with Crippen LogP contribution >= 0.6 is 0 Å². The van der Waals surface area contributed by atoms with Crippen LogP contribution in [-0.2, 0) is 200 Å². The Labute approximate surface area is 858 Å². The third kappa shape index (κ3) is 21.4. The summed E-state index contributed by atoms with van der Waals surface area (Å²) in [6.07, 6.45) is 27.1. The normalized spacial score (nSPS) is 18.0. The molecule has 5 aromatic carbocycles. The van der Waals surface area contributed by atoms with E-state index in [1.165, 1.54) is 90.6 Å². The van der Waals surface area contributed by atoms with Crippen LogP contribution in [0.2, 0.25) is 0 Å². The van der Waals surface area contributed by atoms with E-state index in [1.807, 2.05) is 41.9 Å². The molecular weight excluding hydrogens is 2040 g/mol. The summed E-state index contributed by atoms with van der Waals surface area (Å²) in [5.41, 5.74) is 19.7. The van der Waals surface area contributed by atoms with Crippen LogP contribution in [0.15, 0.2) is 79.7 Å². The quantitative estimate of drug-likeness (QED) is 0.0339. The third-order valence-electron chi connectivity index (χ3n) is 28.9. The van der Waals surface area contributed by atoms with Crippen LogP contribution in [0, 0.1) is 17.5 Å². The first kappa shape index (κ1) is 104. The van der Waals surface area contributed by atoms with Gasteiger partial charge in [-0.1, -0.05) is 39.8 Å². The minimum absolute atomic E-state index is 0.0427. The van der Waals surface area contributed by atoms with Gasteiger partial charge in [-0.05, 0) is 278 Å². The van der Waals surface area contributed by atoms with Crippen molar-refractivity contribution in [3.8, 4) is 29.4 Å². The number of aryl methyl sites for hydroxylation is 6. The van der Waals surface area contributed by atoms with E-state index in [2.05, 4.69) is 73.7 Å². The average molecular weight is 2160 g/mol. The fourth-order valence-corrected chi connectivity index (χ4v) is 26.8. The van der Waals surface area contributed by atoms with Gasteiger partial charge in [-0.15, -0.1) is 0 Å². The van der Waals surface area contributed by atoms with Crippen molar-refractivity contribution in [3.63, 3.8) is 0 Å². The minimum atomic E-state index is -4.26. The molecule has 51 heteroatoms. The van der Waals surface area contributed by atoms with E-state index in [-0.39, 0.29) is 115 Å². The van der Waals surface area contributed by atoms with Crippen LogP contribution in [0.4, 0.5) is 65.6 Å². The lowest BCUT2D eigenvalue weighted by Crippen LogP contribution is -2.36. The predicted molar refractivity (Wildman–Crippen MR) is 533 cm³/mol. The van der Waals surface area contributed by atoms with Crippen LogP contribution in [0.3, 0.4) is 0 Å². The lowest BCUT2D eigenvalue weighted by molar-refractivity contribution is 0.0165. The maximum Gasteiger partial charge on any atom is 0.333 e. The highest BCUT2D eigenvalue weighted by Crippen LogP contribution is 2.47. The van der Waals surface area contributed by atoms with Crippen molar-refractivity contribution in [1.29, 1.82) is 0 Å². The number of sulfonamides is 5. The number of methoxy groups -OCH3 is 3. The Morgan fingerprint density at radius 3 is 0.799 bits per heavy atom. The Kier molecular flexibility index (Phi) is 30.0. The van der Waals surface area contributed by atoms with E-state index in [0.717, 1.165) is 184 Å². The summed E-state index contributed by atoms with van der Waals surface area (Å²) in [6.45, 7) is 11.1. The second-order valence-electron chi connectivity index (χ2n) is 39.1. The van der Waals surface area contributed by atoms with Crippen LogP contribution in [0.5, 0.6) is 29.4 Å². The van der Waals surface area contributed by atoms with Gasteiger partial charge in [0.25, 0.3) is 50.1 Å². The lowest BCUT2D eigenvalue weighted by Gasteiger charge is -2.23. The number of carbonyl (C=O) groups excluding carboxylic acids is 5. The van der Waals surface area contributed by atoms with Crippen molar-refractivity contribution in [1.82, 2.24) is 72.5 Å². The molecule has 0 fully saturated rings. The van der Waals surface area contributed by atoms with Gasteiger partial charge in [0.05, 0.1) is 63.8 Å². The molecule has 0 spiro atoms. The molecule has 5 aromatic heterocycles. The van der Waals surface area contributed by atoms with Gasteiger partial charge in [-0.2, -0.15) is 25.5 Å². The van der Waals surface area contributed by atoms with Crippen molar-refractivity contribution in [2.45, 2.75) is 282 Å². The Balaban J connectivity index is 0.000000117. The molecule has 43 nitrogen and oxygen atoms in total. The van der Waals surface area contributed by atoms with Crippen LogP contribution in [0.1, 0.15) is 204 Å². The van der Waals surface area contributed by atoms with Crippen molar-refractivity contribution in [3.05, 3.63) is 173 Å².